The third-order valence-corrected chi connectivity index (χ3v) is 6.72. The van der Waals surface area contributed by atoms with Crippen LogP contribution in [0.3, 0.4) is 0 Å². The molecular formula is C26H23F3N4O. The van der Waals surface area contributed by atoms with Crippen LogP contribution in [0.15, 0.2) is 67.1 Å². The normalized spacial score (nSPS) is 16.5. The van der Waals surface area contributed by atoms with Crippen molar-refractivity contribution < 1.29 is 18.0 Å². The molecule has 0 N–H and O–H groups in total. The second-order valence-corrected chi connectivity index (χ2v) is 8.54. The van der Waals surface area contributed by atoms with Crippen molar-refractivity contribution in [3.8, 4) is 17.3 Å². The van der Waals surface area contributed by atoms with E-state index >= 15 is 0 Å². The summed E-state index contributed by atoms with van der Waals surface area (Å²) in [6.45, 7) is 2.62. The van der Waals surface area contributed by atoms with Crippen molar-refractivity contribution in [3.05, 3.63) is 83.8 Å². The molecule has 34 heavy (non-hydrogen) atoms. The van der Waals surface area contributed by atoms with Crippen LogP contribution < -0.4 is 0 Å². The molecule has 1 aromatic carbocycles. The molecule has 8 heteroatoms. The van der Waals surface area contributed by atoms with Gasteiger partial charge in [-0.1, -0.05) is 19.1 Å². The summed E-state index contributed by atoms with van der Waals surface area (Å²) in [4.78, 5) is 23.5. The Balaban J connectivity index is 1.51. The van der Waals surface area contributed by atoms with Crippen LogP contribution in [0.5, 0.6) is 0 Å². The van der Waals surface area contributed by atoms with E-state index in [9.17, 15) is 23.2 Å². The predicted octanol–water partition coefficient (Wildman–Crippen LogP) is 5.71. The highest BCUT2D eigenvalue weighted by atomic mass is 19.4. The molecule has 0 unspecified atom stereocenters. The zero-order valence-corrected chi connectivity index (χ0v) is 18.6. The number of hydrogen-bond donors (Lipinski definition) is 0. The molecule has 2 aromatic heterocycles. The molecule has 4 rings (SSSR count). The summed E-state index contributed by atoms with van der Waals surface area (Å²) in [7, 11) is 0. The summed E-state index contributed by atoms with van der Waals surface area (Å²) >= 11 is 0. The summed E-state index contributed by atoms with van der Waals surface area (Å²) in [5.74, 6) is -0.434. The standard InChI is InChI=1S/C26H23F3N4O/c1-18(19-4-6-21(7-5-19)26(27,28)29)25(17-30)10-15-33(16-11-25)24(34)22-3-2-12-32-23(22)20-8-13-31-14-9-20/h2-9,12-14,18H,10-11,15-16H2,1H3/t18-/m0/s1. The molecular weight excluding hydrogens is 441 g/mol. The van der Waals surface area contributed by atoms with Gasteiger partial charge in [-0.2, -0.15) is 18.4 Å². The van der Waals surface area contributed by atoms with Gasteiger partial charge >= 0.3 is 6.18 Å². The smallest absolute Gasteiger partial charge is 0.338 e. The SMILES string of the molecule is C[C@@H](c1ccc(C(F)(F)F)cc1)C1(C#N)CCN(C(=O)c2cccnc2-c2ccncc2)CC1. The number of likely N-dealkylation sites (tertiary alicyclic amines) is 1. The van der Waals surface area contributed by atoms with Gasteiger partial charge in [0.1, 0.15) is 0 Å². The Labute approximate surface area is 195 Å². The van der Waals surface area contributed by atoms with Gasteiger partial charge in [-0.3, -0.25) is 14.8 Å². The number of pyridine rings is 2. The summed E-state index contributed by atoms with van der Waals surface area (Å²) in [6, 6.07) is 14.5. The van der Waals surface area contributed by atoms with Gasteiger partial charge in [0.15, 0.2) is 0 Å². The van der Waals surface area contributed by atoms with Crippen molar-refractivity contribution in [1.29, 1.82) is 5.26 Å². The van der Waals surface area contributed by atoms with Crippen LogP contribution in [0, 0.1) is 16.7 Å². The Morgan fingerprint density at radius 1 is 1.06 bits per heavy atom. The molecule has 1 aliphatic rings. The van der Waals surface area contributed by atoms with Crippen LogP contribution in [0.25, 0.3) is 11.3 Å². The lowest BCUT2D eigenvalue weighted by Gasteiger charge is -2.41. The lowest BCUT2D eigenvalue weighted by molar-refractivity contribution is -0.137. The first kappa shape index (κ1) is 23.4. The van der Waals surface area contributed by atoms with Crippen LogP contribution in [-0.4, -0.2) is 33.9 Å². The lowest BCUT2D eigenvalue weighted by atomic mass is 9.68. The summed E-state index contributed by atoms with van der Waals surface area (Å²) < 4.78 is 38.7. The molecule has 1 atom stereocenters. The number of piperidine rings is 1. The molecule has 0 radical (unpaired) electrons. The van der Waals surface area contributed by atoms with Crippen LogP contribution in [0.1, 0.15) is 47.2 Å². The molecule has 0 aliphatic carbocycles. The van der Waals surface area contributed by atoms with E-state index in [0.29, 0.717) is 42.8 Å². The number of rotatable bonds is 4. The maximum Gasteiger partial charge on any atom is 0.416 e. The Hall–Kier alpha value is -3.73. The van der Waals surface area contributed by atoms with E-state index in [1.807, 2.05) is 6.92 Å². The van der Waals surface area contributed by atoms with E-state index < -0.39 is 17.2 Å². The van der Waals surface area contributed by atoms with Gasteiger partial charge in [0, 0.05) is 37.2 Å². The molecule has 0 spiro atoms. The van der Waals surface area contributed by atoms with E-state index in [1.165, 1.54) is 12.1 Å². The van der Waals surface area contributed by atoms with E-state index in [0.717, 1.165) is 17.7 Å². The minimum Gasteiger partial charge on any atom is -0.338 e. The summed E-state index contributed by atoms with van der Waals surface area (Å²) in [5.41, 5.74) is 1.05. The molecule has 3 heterocycles. The van der Waals surface area contributed by atoms with Gasteiger partial charge < -0.3 is 4.90 Å². The summed E-state index contributed by atoms with van der Waals surface area (Å²) in [5, 5.41) is 10.0. The van der Waals surface area contributed by atoms with Gasteiger partial charge in [-0.25, -0.2) is 0 Å². The van der Waals surface area contributed by atoms with Crippen molar-refractivity contribution in [2.75, 3.05) is 13.1 Å². The second-order valence-electron chi connectivity index (χ2n) is 8.54. The Morgan fingerprint density at radius 3 is 2.29 bits per heavy atom. The van der Waals surface area contributed by atoms with Crippen LogP contribution in [0.2, 0.25) is 0 Å². The zero-order chi connectivity index (χ0) is 24.3. The van der Waals surface area contributed by atoms with Crippen molar-refractivity contribution in [3.63, 3.8) is 0 Å². The Kier molecular flexibility index (Phi) is 6.38. The molecule has 1 amide bonds. The molecule has 3 aromatic rings. The maximum atomic E-state index is 13.3. The van der Waals surface area contributed by atoms with E-state index in [-0.39, 0.29) is 11.8 Å². The zero-order valence-electron chi connectivity index (χ0n) is 18.6. The number of alkyl halides is 3. The number of carbonyl (C=O) groups is 1. The van der Waals surface area contributed by atoms with Crippen LogP contribution in [0.4, 0.5) is 13.2 Å². The van der Waals surface area contributed by atoms with E-state index in [2.05, 4.69) is 16.0 Å². The predicted molar refractivity (Wildman–Crippen MR) is 121 cm³/mol. The van der Waals surface area contributed by atoms with Gasteiger partial charge in [0.25, 0.3) is 5.91 Å². The topological polar surface area (TPSA) is 69.9 Å². The maximum absolute atomic E-state index is 13.3. The molecule has 1 aliphatic heterocycles. The monoisotopic (exact) mass is 464 g/mol. The number of nitrogens with zero attached hydrogens (tertiary/aromatic N) is 4. The number of carbonyl (C=O) groups excluding carboxylic acids is 1. The lowest BCUT2D eigenvalue weighted by Crippen LogP contribution is -2.44. The van der Waals surface area contributed by atoms with E-state index in [4.69, 9.17) is 0 Å². The molecule has 1 saturated heterocycles. The third kappa shape index (κ3) is 4.51. The fourth-order valence-corrected chi connectivity index (χ4v) is 4.52. The Bertz CT molecular complexity index is 1200. The fourth-order valence-electron chi connectivity index (χ4n) is 4.52. The first-order chi connectivity index (χ1) is 16.2. The van der Waals surface area contributed by atoms with Gasteiger partial charge in [-0.05, 0) is 60.7 Å². The first-order valence-corrected chi connectivity index (χ1v) is 11.0. The molecule has 1 fully saturated rings. The average Bonchev–Trinajstić information content (AvgIpc) is 2.88. The number of benzene rings is 1. The van der Waals surface area contributed by atoms with Gasteiger partial charge in [-0.15, -0.1) is 0 Å². The molecule has 174 valence electrons. The average molecular weight is 464 g/mol. The number of aromatic nitrogens is 2. The fraction of sp³-hybridized carbons (Fsp3) is 0.308. The summed E-state index contributed by atoms with van der Waals surface area (Å²) in [6.07, 6.45) is 1.38. The van der Waals surface area contributed by atoms with Gasteiger partial charge in [0.05, 0.1) is 28.3 Å². The number of halogens is 3. The molecule has 0 bridgehead atoms. The van der Waals surface area contributed by atoms with Crippen LogP contribution >= 0.6 is 0 Å². The number of amides is 1. The second kappa shape index (κ2) is 9.26. The minimum atomic E-state index is -4.40. The van der Waals surface area contributed by atoms with E-state index in [1.54, 1.807) is 47.8 Å². The highest BCUT2D eigenvalue weighted by Gasteiger charge is 2.42. The van der Waals surface area contributed by atoms with Crippen molar-refractivity contribution in [2.45, 2.75) is 31.9 Å². The third-order valence-electron chi connectivity index (χ3n) is 6.72. The van der Waals surface area contributed by atoms with Crippen molar-refractivity contribution in [1.82, 2.24) is 14.9 Å². The minimum absolute atomic E-state index is 0.159. The largest absolute Gasteiger partial charge is 0.416 e. The first-order valence-electron chi connectivity index (χ1n) is 11.0. The van der Waals surface area contributed by atoms with Crippen molar-refractivity contribution in [2.24, 2.45) is 5.41 Å². The molecule has 5 nitrogen and oxygen atoms in total. The number of nitriles is 1. The van der Waals surface area contributed by atoms with Gasteiger partial charge in [0.2, 0.25) is 0 Å². The quantitative estimate of drug-likeness (QED) is 0.496. The molecule has 0 saturated carbocycles. The Morgan fingerprint density at radius 2 is 1.71 bits per heavy atom. The van der Waals surface area contributed by atoms with Crippen LogP contribution in [-0.2, 0) is 6.18 Å². The number of hydrogen-bond acceptors (Lipinski definition) is 4. The van der Waals surface area contributed by atoms with Crippen molar-refractivity contribution >= 4 is 5.91 Å². The highest BCUT2D eigenvalue weighted by molar-refractivity contribution is 5.99. The highest BCUT2D eigenvalue weighted by Crippen LogP contribution is 2.44.